The van der Waals surface area contributed by atoms with Crippen LogP contribution in [-0.4, -0.2) is 59.9 Å². The van der Waals surface area contributed by atoms with Crippen LogP contribution in [0.25, 0.3) is 17.3 Å². The number of allylic oxidation sites excluding steroid dienone is 1. The highest BCUT2D eigenvalue weighted by atomic mass is 19.1. The Labute approximate surface area is 239 Å². The average Bonchev–Trinajstić information content (AvgIpc) is 2.96. The van der Waals surface area contributed by atoms with E-state index in [0.29, 0.717) is 33.8 Å². The van der Waals surface area contributed by atoms with E-state index in [9.17, 15) is 19.2 Å². The van der Waals surface area contributed by atoms with Crippen LogP contribution in [0.5, 0.6) is 0 Å². The van der Waals surface area contributed by atoms with Gasteiger partial charge in [0.15, 0.2) is 12.1 Å². The number of amides is 1. The van der Waals surface area contributed by atoms with Gasteiger partial charge in [-0.3, -0.25) is 9.59 Å². The van der Waals surface area contributed by atoms with Crippen LogP contribution in [0, 0.1) is 24.1 Å². The molecule has 210 valence electrons. The number of nitriles is 1. The summed E-state index contributed by atoms with van der Waals surface area (Å²) in [5.74, 6) is -0.463. The molecule has 41 heavy (non-hydrogen) atoms. The number of anilines is 1. The van der Waals surface area contributed by atoms with E-state index in [1.807, 2.05) is 51.1 Å². The number of hydrogen-bond donors (Lipinski definition) is 1. The zero-order valence-electron chi connectivity index (χ0n) is 23.9. The summed E-state index contributed by atoms with van der Waals surface area (Å²) in [6.45, 7) is 8.88. The number of hydrogen-bond acceptors (Lipinski definition) is 8. The second kappa shape index (κ2) is 13.3. The molecule has 0 bridgehead atoms. The monoisotopic (exact) mass is 553 g/mol. The topological polar surface area (TPSA) is 115 Å². The first-order valence-corrected chi connectivity index (χ1v) is 12.7. The fourth-order valence-corrected chi connectivity index (χ4v) is 4.21. The predicted molar refractivity (Wildman–Crippen MR) is 159 cm³/mol. The van der Waals surface area contributed by atoms with E-state index in [4.69, 9.17) is 0 Å². The third-order valence-corrected chi connectivity index (χ3v) is 6.39. The van der Waals surface area contributed by atoms with Crippen LogP contribution in [0.2, 0.25) is 0 Å². The SMILES string of the molecule is C=NN(C)C(=O)/C=C(\C)c1ncc(/C(=C/c2c(C=O)cc(C)cc2C(C)Nc2ccc(F)cc2C#N)N(C)C)cn1. The number of nitrogens with one attached hydrogen (secondary N) is 1. The lowest BCUT2D eigenvalue weighted by Gasteiger charge is -2.23. The van der Waals surface area contributed by atoms with Crippen molar-refractivity contribution in [2.24, 2.45) is 5.10 Å². The number of hydrazone groups is 1. The van der Waals surface area contributed by atoms with Crippen LogP contribution in [0.15, 0.2) is 53.9 Å². The summed E-state index contributed by atoms with van der Waals surface area (Å²) in [6.07, 6.45) is 7.38. The summed E-state index contributed by atoms with van der Waals surface area (Å²) in [5.41, 5.74) is 5.54. The summed E-state index contributed by atoms with van der Waals surface area (Å²) < 4.78 is 13.7. The summed E-state index contributed by atoms with van der Waals surface area (Å²) in [6, 6.07) is 9.45. The Hall–Kier alpha value is -5.17. The van der Waals surface area contributed by atoms with Crippen molar-refractivity contribution >= 4 is 41.9 Å². The maximum Gasteiger partial charge on any atom is 0.266 e. The van der Waals surface area contributed by atoms with Crippen molar-refractivity contribution in [2.45, 2.75) is 26.8 Å². The maximum absolute atomic E-state index is 13.7. The zero-order chi connectivity index (χ0) is 30.3. The number of halogens is 1. The number of benzene rings is 2. The second-order valence-electron chi connectivity index (χ2n) is 9.69. The van der Waals surface area contributed by atoms with Gasteiger partial charge < -0.3 is 10.2 Å². The normalized spacial score (nSPS) is 12.2. The quantitative estimate of drug-likeness (QED) is 0.156. The highest BCUT2D eigenvalue weighted by Crippen LogP contribution is 2.31. The van der Waals surface area contributed by atoms with E-state index in [-0.39, 0.29) is 17.5 Å². The average molecular weight is 554 g/mol. The Balaban J connectivity index is 2.07. The van der Waals surface area contributed by atoms with Crippen molar-refractivity contribution in [2.75, 3.05) is 26.5 Å². The highest BCUT2D eigenvalue weighted by molar-refractivity contribution is 5.94. The minimum Gasteiger partial charge on any atom is -0.377 e. The van der Waals surface area contributed by atoms with E-state index in [1.54, 1.807) is 25.4 Å². The molecule has 1 aromatic heterocycles. The lowest BCUT2D eigenvalue weighted by molar-refractivity contribution is -0.124. The van der Waals surface area contributed by atoms with Gasteiger partial charge in [0.2, 0.25) is 0 Å². The molecule has 3 rings (SSSR count). The molecule has 0 spiro atoms. The van der Waals surface area contributed by atoms with Gasteiger partial charge in [-0.1, -0.05) is 11.6 Å². The van der Waals surface area contributed by atoms with Crippen molar-refractivity contribution in [3.05, 3.63) is 93.8 Å². The Bertz CT molecular complexity index is 1570. The molecule has 0 saturated carbocycles. The molecule has 10 heteroatoms. The van der Waals surface area contributed by atoms with Gasteiger partial charge in [-0.05, 0) is 67.8 Å². The van der Waals surface area contributed by atoms with E-state index in [0.717, 1.165) is 28.1 Å². The van der Waals surface area contributed by atoms with Gasteiger partial charge in [0, 0.05) is 69.2 Å². The Morgan fingerprint density at radius 1 is 1.20 bits per heavy atom. The van der Waals surface area contributed by atoms with Gasteiger partial charge in [0.25, 0.3) is 5.91 Å². The number of rotatable bonds is 10. The summed E-state index contributed by atoms with van der Waals surface area (Å²) in [7, 11) is 5.24. The predicted octanol–water partition coefficient (Wildman–Crippen LogP) is 5.32. The molecule has 1 unspecified atom stereocenters. The molecular formula is C31H32FN7O2. The van der Waals surface area contributed by atoms with E-state index in [1.165, 1.54) is 31.3 Å². The Morgan fingerprint density at radius 3 is 2.46 bits per heavy atom. The largest absolute Gasteiger partial charge is 0.377 e. The number of carbonyl (C=O) groups excluding carboxylic acids is 2. The molecule has 9 nitrogen and oxygen atoms in total. The molecule has 0 fully saturated rings. The fraction of sp³-hybridized carbons (Fsp3) is 0.226. The van der Waals surface area contributed by atoms with Gasteiger partial charge in [-0.2, -0.15) is 10.4 Å². The first kappa shape index (κ1) is 30.4. The van der Waals surface area contributed by atoms with Gasteiger partial charge in [-0.15, -0.1) is 0 Å². The molecule has 1 atom stereocenters. The van der Waals surface area contributed by atoms with Gasteiger partial charge in [0.1, 0.15) is 11.9 Å². The molecule has 3 aromatic rings. The number of carbonyl (C=O) groups is 2. The molecule has 0 saturated heterocycles. The summed E-state index contributed by atoms with van der Waals surface area (Å²) in [4.78, 5) is 35.1. The van der Waals surface area contributed by atoms with E-state index in [2.05, 4.69) is 27.1 Å². The zero-order valence-corrected chi connectivity index (χ0v) is 23.9. The number of aryl methyl sites for hydroxylation is 1. The van der Waals surface area contributed by atoms with Crippen molar-refractivity contribution < 1.29 is 14.0 Å². The smallest absolute Gasteiger partial charge is 0.266 e. The van der Waals surface area contributed by atoms with Crippen LogP contribution in [0.4, 0.5) is 10.1 Å². The molecular weight excluding hydrogens is 521 g/mol. The van der Waals surface area contributed by atoms with Crippen molar-refractivity contribution in [3.8, 4) is 6.07 Å². The first-order valence-electron chi connectivity index (χ1n) is 12.7. The summed E-state index contributed by atoms with van der Waals surface area (Å²) >= 11 is 0. The van der Waals surface area contributed by atoms with Gasteiger partial charge >= 0.3 is 0 Å². The molecule has 2 aromatic carbocycles. The molecule has 0 radical (unpaired) electrons. The second-order valence-corrected chi connectivity index (χ2v) is 9.69. The number of likely N-dealkylation sites (N-methyl/N-ethyl adjacent to an activating group) is 1. The lowest BCUT2D eigenvalue weighted by atomic mass is 9.92. The third-order valence-electron chi connectivity index (χ3n) is 6.39. The first-order chi connectivity index (χ1) is 19.5. The van der Waals surface area contributed by atoms with Crippen molar-refractivity contribution in [3.63, 3.8) is 0 Å². The standard InChI is InChI=1S/C31H32FN7O2/c1-19-10-23(18-40)27(26(11-19)21(3)37-28-9-8-25(32)13-22(28)15-33)14-29(38(5)6)24-16-35-31(36-17-24)20(2)12-30(41)39(7)34-4/h8-14,16-18,21,37H,4H2,1-3,5-7H3/b20-12+,29-14-. The molecule has 0 aliphatic rings. The van der Waals surface area contributed by atoms with Crippen LogP contribution >= 0.6 is 0 Å². The molecule has 0 aliphatic carbocycles. The fourth-order valence-electron chi connectivity index (χ4n) is 4.21. The van der Waals surface area contributed by atoms with Crippen LogP contribution in [0.1, 0.15) is 63.9 Å². The minimum atomic E-state index is -0.496. The van der Waals surface area contributed by atoms with Gasteiger partial charge in [-0.25, -0.2) is 19.4 Å². The highest BCUT2D eigenvalue weighted by Gasteiger charge is 2.18. The van der Waals surface area contributed by atoms with E-state index < -0.39 is 5.82 Å². The minimum absolute atomic E-state index is 0.182. The molecule has 0 aliphatic heterocycles. The molecule has 1 heterocycles. The van der Waals surface area contributed by atoms with Crippen molar-refractivity contribution in [1.29, 1.82) is 5.26 Å². The number of nitrogens with zero attached hydrogens (tertiary/aromatic N) is 6. The van der Waals surface area contributed by atoms with Crippen LogP contribution in [0.3, 0.4) is 0 Å². The molecule has 1 amide bonds. The van der Waals surface area contributed by atoms with Crippen LogP contribution in [-0.2, 0) is 4.79 Å². The van der Waals surface area contributed by atoms with E-state index >= 15 is 0 Å². The van der Waals surface area contributed by atoms with Gasteiger partial charge in [0.05, 0.1) is 11.3 Å². The van der Waals surface area contributed by atoms with Crippen LogP contribution < -0.4 is 5.32 Å². The Morgan fingerprint density at radius 2 is 1.88 bits per heavy atom. The lowest BCUT2D eigenvalue weighted by Crippen LogP contribution is -2.18. The maximum atomic E-state index is 13.7. The third kappa shape index (κ3) is 7.28. The van der Waals surface area contributed by atoms with Crippen molar-refractivity contribution in [1.82, 2.24) is 19.9 Å². The number of aldehydes is 1. The Kier molecular flexibility index (Phi) is 9.82. The molecule has 1 N–H and O–H groups in total. The summed E-state index contributed by atoms with van der Waals surface area (Å²) in [5, 5.41) is 17.5. The number of aromatic nitrogens is 2.